The number of halogens is 6. The summed E-state index contributed by atoms with van der Waals surface area (Å²) < 4.78 is 78.5. The van der Waals surface area contributed by atoms with Crippen LogP contribution in [0.1, 0.15) is 11.1 Å². The second kappa shape index (κ2) is 5.73. The van der Waals surface area contributed by atoms with Crippen molar-refractivity contribution in [1.82, 2.24) is 0 Å². The number of rotatable bonds is 1. The highest BCUT2D eigenvalue weighted by Gasteiger charge is 2.38. The molecule has 0 atom stereocenters. The molecule has 0 fully saturated rings. The van der Waals surface area contributed by atoms with E-state index in [9.17, 15) is 26.3 Å². The Kier molecular flexibility index (Phi) is 4.45. The molecule has 0 aliphatic carbocycles. The maximum Gasteiger partial charge on any atom is 0.417 e. The topological polar surface area (TPSA) is 0 Å². The van der Waals surface area contributed by atoms with Gasteiger partial charge in [0.1, 0.15) is 0 Å². The first-order valence-electron chi connectivity index (χ1n) is 5.81. The van der Waals surface area contributed by atoms with Crippen LogP contribution < -0.4 is 0 Å². The second-order valence-electron chi connectivity index (χ2n) is 4.46. The highest BCUT2D eigenvalue weighted by atomic mass is 32.1. The van der Waals surface area contributed by atoms with E-state index in [2.05, 4.69) is 25.3 Å². The fourth-order valence-electron chi connectivity index (χ4n) is 2.00. The SMILES string of the molecule is FC(F)(F)c1cc(S)ccc1-c1ccc(S)cc1C(F)(F)F. The first-order valence-corrected chi connectivity index (χ1v) is 6.70. The molecule has 0 aliphatic rings. The van der Waals surface area contributed by atoms with E-state index >= 15 is 0 Å². The van der Waals surface area contributed by atoms with Crippen LogP contribution in [-0.2, 0) is 12.4 Å². The fourth-order valence-corrected chi connectivity index (χ4v) is 2.41. The van der Waals surface area contributed by atoms with Crippen LogP contribution in [0.5, 0.6) is 0 Å². The largest absolute Gasteiger partial charge is 0.417 e. The molecule has 0 N–H and O–H groups in total. The Bertz CT molecular complexity index is 642. The van der Waals surface area contributed by atoms with E-state index in [1.807, 2.05) is 0 Å². The molecule has 22 heavy (non-hydrogen) atoms. The molecule has 0 spiro atoms. The van der Waals surface area contributed by atoms with Crippen LogP contribution >= 0.6 is 25.3 Å². The highest BCUT2D eigenvalue weighted by Crippen LogP contribution is 2.43. The van der Waals surface area contributed by atoms with E-state index in [-0.39, 0.29) is 9.79 Å². The van der Waals surface area contributed by atoms with Gasteiger partial charge in [-0.15, -0.1) is 25.3 Å². The van der Waals surface area contributed by atoms with Gasteiger partial charge in [-0.05, 0) is 35.4 Å². The summed E-state index contributed by atoms with van der Waals surface area (Å²) in [5, 5.41) is 0. The molecule has 2 rings (SSSR count). The van der Waals surface area contributed by atoms with Crippen LogP contribution in [0.4, 0.5) is 26.3 Å². The van der Waals surface area contributed by atoms with Crippen LogP contribution in [0.25, 0.3) is 11.1 Å². The van der Waals surface area contributed by atoms with Crippen molar-refractivity contribution >= 4 is 25.3 Å². The summed E-state index contributed by atoms with van der Waals surface area (Å²) in [6.07, 6.45) is -9.59. The monoisotopic (exact) mass is 354 g/mol. The van der Waals surface area contributed by atoms with Crippen molar-refractivity contribution in [2.45, 2.75) is 22.1 Å². The van der Waals surface area contributed by atoms with Crippen molar-refractivity contribution in [2.24, 2.45) is 0 Å². The lowest BCUT2D eigenvalue weighted by atomic mass is 9.94. The van der Waals surface area contributed by atoms with Crippen LogP contribution in [0.2, 0.25) is 0 Å². The maximum atomic E-state index is 13.1. The minimum Gasteiger partial charge on any atom is -0.166 e. The van der Waals surface area contributed by atoms with Gasteiger partial charge >= 0.3 is 12.4 Å². The van der Waals surface area contributed by atoms with Crippen molar-refractivity contribution in [3.8, 4) is 11.1 Å². The minimum absolute atomic E-state index is 0.00968. The van der Waals surface area contributed by atoms with Gasteiger partial charge in [-0.3, -0.25) is 0 Å². The molecule has 8 heteroatoms. The van der Waals surface area contributed by atoms with E-state index in [0.29, 0.717) is 12.1 Å². The summed E-state index contributed by atoms with van der Waals surface area (Å²) >= 11 is 7.62. The van der Waals surface area contributed by atoms with E-state index in [0.717, 1.165) is 12.1 Å². The van der Waals surface area contributed by atoms with Crippen molar-refractivity contribution in [2.75, 3.05) is 0 Å². The number of hydrogen-bond acceptors (Lipinski definition) is 2. The molecule has 118 valence electrons. The Morgan fingerprint density at radius 2 is 0.909 bits per heavy atom. The minimum atomic E-state index is -4.80. The quantitative estimate of drug-likeness (QED) is 0.458. The maximum absolute atomic E-state index is 13.1. The van der Waals surface area contributed by atoms with Crippen LogP contribution in [0.3, 0.4) is 0 Å². The summed E-state index contributed by atoms with van der Waals surface area (Å²) in [4.78, 5) is 0.0194. The van der Waals surface area contributed by atoms with Gasteiger partial charge in [0.25, 0.3) is 0 Å². The van der Waals surface area contributed by atoms with E-state index < -0.39 is 34.6 Å². The van der Waals surface area contributed by atoms with Gasteiger partial charge in [-0.1, -0.05) is 12.1 Å². The van der Waals surface area contributed by atoms with Gasteiger partial charge in [0.2, 0.25) is 0 Å². The molecular weight excluding hydrogens is 346 g/mol. The number of benzene rings is 2. The molecular formula is C14H8F6S2. The van der Waals surface area contributed by atoms with Gasteiger partial charge in [-0.2, -0.15) is 26.3 Å². The fraction of sp³-hybridized carbons (Fsp3) is 0.143. The Morgan fingerprint density at radius 3 is 1.18 bits per heavy atom. The lowest BCUT2D eigenvalue weighted by Gasteiger charge is -2.18. The molecule has 0 nitrogen and oxygen atoms in total. The average molecular weight is 354 g/mol. The third kappa shape index (κ3) is 3.55. The Labute approximate surface area is 133 Å². The van der Waals surface area contributed by atoms with E-state index in [1.54, 1.807) is 0 Å². The predicted octanol–water partition coefficient (Wildman–Crippen LogP) is 5.97. The molecule has 0 saturated carbocycles. The molecule has 2 aromatic carbocycles. The zero-order valence-corrected chi connectivity index (χ0v) is 12.4. The lowest BCUT2D eigenvalue weighted by molar-refractivity contribution is -0.139. The summed E-state index contributed by atoms with van der Waals surface area (Å²) in [7, 11) is 0. The van der Waals surface area contributed by atoms with Crippen molar-refractivity contribution in [3.63, 3.8) is 0 Å². The van der Waals surface area contributed by atoms with Crippen LogP contribution in [-0.4, -0.2) is 0 Å². The van der Waals surface area contributed by atoms with Gasteiger partial charge in [0, 0.05) is 9.79 Å². The third-order valence-electron chi connectivity index (χ3n) is 2.91. The molecule has 0 unspecified atom stereocenters. The van der Waals surface area contributed by atoms with Crippen molar-refractivity contribution in [1.29, 1.82) is 0 Å². The Balaban J connectivity index is 2.78. The van der Waals surface area contributed by atoms with Gasteiger partial charge < -0.3 is 0 Å². The van der Waals surface area contributed by atoms with E-state index in [1.165, 1.54) is 12.1 Å². The molecule has 0 aliphatic heterocycles. The van der Waals surface area contributed by atoms with Crippen LogP contribution in [0, 0.1) is 0 Å². The highest BCUT2D eigenvalue weighted by molar-refractivity contribution is 7.80. The van der Waals surface area contributed by atoms with Crippen molar-refractivity contribution < 1.29 is 26.3 Å². The number of hydrogen-bond donors (Lipinski definition) is 2. The third-order valence-corrected chi connectivity index (χ3v) is 3.46. The summed E-state index contributed by atoms with van der Waals surface area (Å²) in [6.45, 7) is 0. The standard InChI is InChI=1S/C14H8F6S2/c15-13(16,17)11-5-7(21)1-3-9(11)10-4-2-8(22)6-12(10)14(18,19)20/h1-6,21-22H. The normalized spacial score (nSPS) is 12.5. The molecule has 0 radical (unpaired) electrons. The summed E-state index contributed by atoms with van der Waals surface area (Å²) in [5.41, 5.74) is -3.44. The summed E-state index contributed by atoms with van der Waals surface area (Å²) in [6, 6.07) is 5.78. The van der Waals surface area contributed by atoms with Gasteiger partial charge in [-0.25, -0.2) is 0 Å². The van der Waals surface area contributed by atoms with Crippen LogP contribution in [0.15, 0.2) is 46.2 Å². The summed E-state index contributed by atoms with van der Waals surface area (Å²) in [5.74, 6) is 0. The molecule has 0 heterocycles. The lowest BCUT2D eigenvalue weighted by Crippen LogP contribution is -2.11. The number of alkyl halides is 6. The smallest absolute Gasteiger partial charge is 0.166 e. The number of thiol groups is 2. The van der Waals surface area contributed by atoms with Gasteiger partial charge in [0.15, 0.2) is 0 Å². The average Bonchev–Trinajstić information content (AvgIpc) is 2.37. The second-order valence-corrected chi connectivity index (χ2v) is 5.49. The zero-order valence-electron chi connectivity index (χ0n) is 10.6. The predicted molar refractivity (Wildman–Crippen MR) is 76.4 cm³/mol. The molecule has 0 amide bonds. The zero-order chi connectivity index (χ0) is 16.7. The van der Waals surface area contributed by atoms with Crippen molar-refractivity contribution in [3.05, 3.63) is 47.5 Å². The molecule has 0 aromatic heterocycles. The van der Waals surface area contributed by atoms with E-state index in [4.69, 9.17) is 0 Å². The Hall–Kier alpha value is -1.28. The molecule has 2 aromatic rings. The molecule has 0 saturated heterocycles. The van der Waals surface area contributed by atoms with Gasteiger partial charge in [0.05, 0.1) is 11.1 Å². The first kappa shape index (κ1) is 17.1. The Morgan fingerprint density at radius 1 is 0.591 bits per heavy atom. The molecule has 0 bridgehead atoms. The first-order chi connectivity index (χ1) is 10.00.